The van der Waals surface area contributed by atoms with E-state index in [9.17, 15) is 10.1 Å². The third-order valence-corrected chi connectivity index (χ3v) is 5.12. The zero-order valence-corrected chi connectivity index (χ0v) is 17.5. The lowest BCUT2D eigenvalue weighted by molar-refractivity contribution is 0.0600. The molecule has 1 aromatic heterocycles. The molecule has 3 aromatic rings. The first-order chi connectivity index (χ1) is 13.8. The lowest BCUT2D eigenvalue weighted by Crippen LogP contribution is -2.05. The molecular weight excluding hydrogens is 384 g/mol. The lowest BCUT2D eigenvalue weighted by Gasteiger charge is -2.14. The van der Waals surface area contributed by atoms with Gasteiger partial charge in [-0.05, 0) is 79.9 Å². The number of methoxy groups -OCH3 is 1. The number of allylic oxidation sites excluding steroid dienone is 1. The molecule has 0 amide bonds. The van der Waals surface area contributed by atoms with Gasteiger partial charge in [-0.15, -0.1) is 0 Å². The van der Waals surface area contributed by atoms with Gasteiger partial charge in [0.1, 0.15) is 0 Å². The van der Waals surface area contributed by atoms with E-state index in [1.807, 2.05) is 57.2 Å². The van der Waals surface area contributed by atoms with Crippen molar-refractivity contribution in [3.05, 3.63) is 87.2 Å². The summed E-state index contributed by atoms with van der Waals surface area (Å²) in [5.41, 5.74) is 6.78. The first kappa shape index (κ1) is 20.4. The third-order valence-electron chi connectivity index (χ3n) is 4.88. The summed E-state index contributed by atoms with van der Waals surface area (Å²) in [4.78, 5) is 11.8. The minimum absolute atomic E-state index is 0.357. The zero-order chi connectivity index (χ0) is 21.1. The highest BCUT2D eigenvalue weighted by atomic mass is 35.5. The van der Waals surface area contributed by atoms with Gasteiger partial charge >= 0.3 is 5.97 Å². The van der Waals surface area contributed by atoms with Gasteiger partial charge in [-0.2, -0.15) is 5.26 Å². The molecule has 0 N–H and O–H groups in total. The predicted octanol–water partition coefficient (Wildman–Crippen LogP) is 5.91. The van der Waals surface area contributed by atoms with Crippen LogP contribution in [0.2, 0.25) is 5.02 Å². The van der Waals surface area contributed by atoms with Crippen molar-refractivity contribution in [3.8, 4) is 11.8 Å². The molecular formula is C24H21ClN2O2. The van der Waals surface area contributed by atoms with Crippen molar-refractivity contribution in [2.45, 2.75) is 20.8 Å². The van der Waals surface area contributed by atoms with Crippen LogP contribution in [0.15, 0.2) is 48.5 Å². The summed E-state index contributed by atoms with van der Waals surface area (Å²) < 4.78 is 6.92. The number of hydrogen-bond acceptors (Lipinski definition) is 3. The third kappa shape index (κ3) is 4.11. The molecule has 0 spiro atoms. The van der Waals surface area contributed by atoms with Crippen LogP contribution in [0.4, 0.5) is 0 Å². The number of hydrogen-bond donors (Lipinski definition) is 0. The van der Waals surface area contributed by atoms with Crippen LogP contribution in [0.25, 0.3) is 17.3 Å². The van der Waals surface area contributed by atoms with Gasteiger partial charge in [-0.1, -0.05) is 23.7 Å². The van der Waals surface area contributed by atoms with Crippen molar-refractivity contribution in [2.24, 2.45) is 0 Å². The molecule has 3 rings (SSSR count). The van der Waals surface area contributed by atoms with Crippen molar-refractivity contribution in [3.63, 3.8) is 0 Å². The van der Waals surface area contributed by atoms with Crippen molar-refractivity contribution in [1.82, 2.24) is 4.57 Å². The van der Waals surface area contributed by atoms with Gasteiger partial charge in [-0.3, -0.25) is 0 Å². The molecule has 0 unspecified atom stereocenters. The van der Waals surface area contributed by atoms with E-state index in [1.54, 1.807) is 18.2 Å². The number of esters is 1. The molecule has 0 bridgehead atoms. The molecule has 0 atom stereocenters. The Morgan fingerprint density at radius 2 is 1.86 bits per heavy atom. The fourth-order valence-corrected chi connectivity index (χ4v) is 3.64. The number of nitrogens with zero attached hydrogens (tertiary/aromatic N) is 2. The van der Waals surface area contributed by atoms with Gasteiger partial charge in [0, 0.05) is 22.1 Å². The van der Waals surface area contributed by atoms with Crippen LogP contribution in [0.3, 0.4) is 0 Å². The Balaban J connectivity index is 2.08. The molecule has 0 aliphatic rings. The highest BCUT2D eigenvalue weighted by molar-refractivity contribution is 6.30. The smallest absolute Gasteiger partial charge is 0.337 e. The number of carbonyl (C=O) groups excluding carboxylic acids is 1. The molecule has 0 fully saturated rings. The van der Waals surface area contributed by atoms with Crippen LogP contribution >= 0.6 is 11.6 Å². The number of nitriles is 1. The maximum atomic E-state index is 11.8. The Morgan fingerprint density at radius 1 is 1.10 bits per heavy atom. The number of aromatic nitrogens is 1. The quantitative estimate of drug-likeness (QED) is 0.401. The summed E-state index contributed by atoms with van der Waals surface area (Å²) in [6.07, 6.45) is 1.88. The van der Waals surface area contributed by atoms with Crippen LogP contribution in [0.1, 0.15) is 38.4 Å². The fourth-order valence-electron chi connectivity index (χ4n) is 3.45. The van der Waals surface area contributed by atoms with E-state index in [2.05, 4.69) is 10.6 Å². The van der Waals surface area contributed by atoms with E-state index < -0.39 is 0 Å². The van der Waals surface area contributed by atoms with E-state index in [0.717, 1.165) is 33.8 Å². The summed E-state index contributed by atoms with van der Waals surface area (Å²) in [6, 6.07) is 17.1. The van der Waals surface area contributed by atoms with Crippen LogP contribution < -0.4 is 0 Å². The van der Waals surface area contributed by atoms with Crippen LogP contribution in [0.5, 0.6) is 0 Å². The molecule has 146 valence electrons. The number of halogens is 1. The van der Waals surface area contributed by atoms with E-state index in [1.165, 1.54) is 7.11 Å². The fraction of sp³-hybridized carbons (Fsp3) is 0.167. The minimum atomic E-state index is -0.357. The number of ether oxygens (including phenoxy) is 1. The van der Waals surface area contributed by atoms with E-state index in [4.69, 9.17) is 16.3 Å². The standard InChI is InChI=1S/C24H21ClN2O2/c1-15-10-19(24(28)29-4)8-9-23(15)27-16(2)11-20(17(27)3)12-21(14-26)18-6-5-7-22(25)13-18/h5-13H,1-4H3/b21-12-. The SMILES string of the molecule is COC(=O)c1ccc(-n2c(C)cc(/C=C(/C#N)c3cccc(Cl)c3)c2C)c(C)c1. The Hall–Kier alpha value is -3.29. The molecule has 0 aliphatic carbocycles. The number of rotatable bonds is 4. The average molecular weight is 405 g/mol. The molecule has 1 heterocycles. The number of aryl methyl sites for hydroxylation is 2. The minimum Gasteiger partial charge on any atom is -0.465 e. The van der Waals surface area contributed by atoms with E-state index in [-0.39, 0.29) is 5.97 Å². The van der Waals surface area contributed by atoms with E-state index >= 15 is 0 Å². The summed E-state index contributed by atoms with van der Waals surface area (Å²) in [5.74, 6) is -0.357. The van der Waals surface area contributed by atoms with Gasteiger partial charge in [0.15, 0.2) is 0 Å². The maximum Gasteiger partial charge on any atom is 0.337 e. The summed E-state index contributed by atoms with van der Waals surface area (Å²) in [7, 11) is 1.37. The van der Waals surface area contributed by atoms with Crippen LogP contribution in [0, 0.1) is 32.1 Å². The van der Waals surface area contributed by atoms with Gasteiger partial charge in [-0.25, -0.2) is 4.79 Å². The first-order valence-corrected chi connectivity index (χ1v) is 9.49. The second-order valence-electron chi connectivity index (χ2n) is 6.83. The monoisotopic (exact) mass is 404 g/mol. The average Bonchev–Trinajstić information content (AvgIpc) is 2.98. The molecule has 0 saturated carbocycles. The molecule has 0 aliphatic heterocycles. The number of carbonyl (C=O) groups is 1. The van der Waals surface area contributed by atoms with Crippen molar-refractivity contribution in [2.75, 3.05) is 7.11 Å². The Morgan fingerprint density at radius 3 is 2.48 bits per heavy atom. The van der Waals surface area contributed by atoms with Gasteiger partial charge in [0.2, 0.25) is 0 Å². The summed E-state index contributed by atoms with van der Waals surface area (Å²) >= 11 is 6.08. The normalized spacial score (nSPS) is 11.2. The first-order valence-electron chi connectivity index (χ1n) is 9.11. The largest absolute Gasteiger partial charge is 0.465 e. The molecule has 0 saturated heterocycles. The Kier molecular flexibility index (Phi) is 5.91. The lowest BCUT2D eigenvalue weighted by atomic mass is 10.0. The van der Waals surface area contributed by atoms with Crippen molar-refractivity contribution < 1.29 is 9.53 Å². The van der Waals surface area contributed by atoms with Gasteiger partial charge in [0.25, 0.3) is 0 Å². The molecule has 2 aromatic carbocycles. The second-order valence-corrected chi connectivity index (χ2v) is 7.27. The van der Waals surface area contributed by atoms with Crippen LogP contribution in [-0.4, -0.2) is 17.6 Å². The van der Waals surface area contributed by atoms with E-state index in [0.29, 0.717) is 16.2 Å². The molecule has 29 heavy (non-hydrogen) atoms. The topological polar surface area (TPSA) is 55.0 Å². The Bertz CT molecular complexity index is 1170. The highest BCUT2D eigenvalue weighted by Gasteiger charge is 2.14. The zero-order valence-electron chi connectivity index (χ0n) is 16.8. The molecule has 5 heteroatoms. The molecule has 0 radical (unpaired) electrons. The van der Waals surface area contributed by atoms with Crippen LogP contribution in [-0.2, 0) is 4.74 Å². The Labute approximate surface area is 175 Å². The highest BCUT2D eigenvalue weighted by Crippen LogP contribution is 2.28. The predicted molar refractivity (Wildman–Crippen MR) is 116 cm³/mol. The summed E-state index contributed by atoms with van der Waals surface area (Å²) in [5, 5.41) is 10.2. The van der Waals surface area contributed by atoms with Crippen molar-refractivity contribution >= 4 is 29.2 Å². The summed E-state index contributed by atoms with van der Waals surface area (Å²) in [6.45, 7) is 5.99. The van der Waals surface area contributed by atoms with Crippen molar-refractivity contribution in [1.29, 1.82) is 5.26 Å². The second kappa shape index (κ2) is 8.38. The maximum absolute atomic E-state index is 11.8. The number of benzene rings is 2. The van der Waals surface area contributed by atoms with Gasteiger partial charge < -0.3 is 9.30 Å². The van der Waals surface area contributed by atoms with Gasteiger partial charge in [0.05, 0.1) is 24.3 Å². The molecule has 4 nitrogen and oxygen atoms in total.